The predicted octanol–water partition coefficient (Wildman–Crippen LogP) is 3.53. The molecule has 7 heteroatoms. The van der Waals surface area contributed by atoms with E-state index in [2.05, 4.69) is 0 Å². The van der Waals surface area contributed by atoms with E-state index in [9.17, 15) is 14.4 Å². The van der Waals surface area contributed by atoms with Crippen molar-refractivity contribution in [3.8, 4) is 0 Å². The first-order chi connectivity index (χ1) is 15.0. The Balaban J connectivity index is 1.80. The van der Waals surface area contributed by atoms with Crippen LogP contribution in [0.15, 0.2) is 88.5 Å². The molecule has 0 fully saturated rings. The summed E-state index contributed by atoms with van der Waals surface area (Å²) in [6, 6.07) is 23.0. The summed E-state index contributed by atoms with van der Waals surface area (Å²) in [5.41, 5.74) is 0.923. The van der Waals surface area contributed by atoms with Gasteiger partial charge in [-0.25, -0.2) is 4.79 Å². The van der Waals surface area contributed by atoms with Crippen LogP contribution in [0.25, 0.3) is 10.9 Å². The van der Waals surface area contributed by atoms with Gasteiger partial charge in [-0.2, -0.15) is 0 Å². The number of hydrogen-bond acceptors (Lipinski definition) is 3. The molecular weight excluding hydrogens is 414 g/mol. The third-order valence-corrected chi connectivity index (χ3v) is 5.41. The lowest BCUT2D eigenvalue weighted by Crippen LogP contribution is -2.43. The van der Waals surface area contributed by atoms with Crippen molar-refractivity contribution in [1.29, 1.82) is 0 Å². The number of rotatable bonds is 5. The normalized spacial score (nSPS) is 10.9. The first-order valence-corrected chi connectivity index (χ1v) is 10.1. The second kappa shape index (κ2) is 8.62. The molecule has 0 aliphatic heterocycles. The van der Waals surface area contributed by atoms with Crippen LogP contribution in [0.4, 0.5) is 5.69 Å². The van der Waals surface area contributed by atoms with Gasteiger partial charge in [0.05, 0.1) is 17.4 Å². The van der Waals surface area contributed by atoms with Crippen LogP contribution in [-0.4, -0.2) is 22.1 Å². The molecule has 0 N–H and O–H groups in total. The molecule has 0 saturated heterocycles. The second-order valence-electron chi connectivity index (χ2n) is 7.20. The third-order valence-electron chi connectivity index (χ3n) is 5.17. The minimum Gasteiger partial charge on any atom is -0.314 e. The largest absolute Gasteiger partial charge is 0.332 e. The summed E-state index contributed by atoms with van der Waals surface area (Å²) in [5.74, 6) is -0.272. The molecule has 1 heterocycles. The van der Waals surface area contributed by atoms with Gasteiger partial charge in [0, 0.05) is 17.8 Å². The molecule has 0 saturated carbocycles. The Labute approximate surface area is 183 Å². The van der Waals surface area contributed by atoms with Crippen LogP contribution < -0.4 is 16.1 Å². The van der Waals surface area contributed by atoms with Crippen molar-refractivity contribution < 1.29 is 4.79 Å². The fourth-order valence-corrected chi connectivity index (χ4v) is 3.73. The minimum absolute atomic E-state index is 0.0613. The van der Waals surface area contributed by atoms with Crippen LogP contribution in [0.1, 0.15) is 5.56 Å². The van der Waals surface area contributed by atoms with E-state index in [0.29, 0.717) is 15.9 Å². The summed E-state index contributed by atoms with van der Waals surface area (Å²) >= 11 is 6.06. The van der Waals surface area contributed by atoms with Gasteiger partial charge in [-0.15, -0.1) is 0 Å². The number of benzene rings is 3. The van der Waals surface area contributed by atoms with Gasteiger partial charge in [0.2, 0.25) is 5.91 Å². The molecule has 1 aromatic heterocycles. The van der Waals surface area contributed by atoms with Crippen molar-refractivity contribution >= 4 is 34.1 Å². The molecular formula is C24H20ClN3O3. The molecule has 0 unspecified atom stereocenters. The molecule has 0 bridgehead atoms. The molecule has 6 nitrogen and oxygen atoms in total. The van der Waals surface area contributed by atoms with E-state index < -0.39 is 11.2 Å². The fraction of sp³-hybridized carbons (Fsp3) is 0.125. The lowest BCUT2D eigenvalue weighted by atomic mass is 10.2. The number of anilines is 1. The Morgan fingerprint density at radius 2 is 1.61 bits per heavy atom. The van der Waals surface area contributed by atoms with Gasteiger partial charge in [0.1, 0.15) is 6.54 Å². The van der Waals surface area contributed by atoms with Crippen LogP contribution in [0.2, 0.25) is 5.02 Å². The number of hydrogen-bond donors (Lipinski definition) is 0. The van der Waals surface area contributed by atoms with Gasteiger partial charge in [-0.3, -0.25) is 18.7 Å². The number of halogens is 1. The monoisotopic (exact) mass is 433 g/mol. The van der Waals surface area contributed by atoms with Crippen LogP contribution in [0.3, 0.4) is 0 Å². The highest BCUT2D eigenvalue weighted by Crippen LogP contribution is 2.14. The molecule has 156 valence electrons. The van der Waals surface area contributed by atoms with Crippen molar-refractivity contribution in [1.82, 2.24) is 9.13 Å². The lowest BCUT2D eigenvalue weighted by molar-refractivity contribution is -0.118. The molecule has 0 radical (unpaired) electrons. The quantitative estimate of drug-likeness (QED) is 0.483. The Bertz CT molecular complexity index is 1380. The maximum absolute atomic E-state index is 13.3. The number of nitrogens with zero attached hydrogens (tertiary/aromatic N) is 3. The summed E-state index contributed by atoms with van der Waals surface area (Å²) in [6.07, 6.45) is 0. The maximum atomic E-state index is 13.3. The first-order valence-electron chi connectivity index (χ1n) is 9.74. The SMILES string of the molecule is CN(C(=O)Cn1c(=O)n(Cc2cccc(Cl)c2)c(=O)c2ccccc21)c1ccccc1. The fourth-order valence-electron chi connectivity index (χ4n) is 3.52. The molecule has 1 amide bonds. The second-order valence-corrected chi connectivity index (χ2v) is 7.63. The highest BCUT2D eigenvalue weighted by molar-refractivity contribution is 6.30. The lowest BCUT2D eigenvalue weighted by Gasteiger charge is -2.19. The highest BCUT2D eigenvalue weighted by atomic mass is 35.5. The Hall–Kier alpha value is -3.64. The van der Waals surface area contributed by atoms with E-state index in [1.54, 1.807) is 55.6 Å². The van der Waals surface area contributed by atoms with Crippen LogP contribution >= 0.6 is 11.6 Å². The average molecular weight is 434 g/mol. The van der Waals surface area contributed by atoms with E-state index in [1.165, 1.54) is 9.47 Å². The molecule has 3 aromatic carbocycles. The Morgan fingerprint density at radius 3 is 2.35 bits per heavy atom. The predicted molar refractivity (Wildman–Crippen MR) is 123 cm³/mol. The van der Waals surface area contributed by atoms with E-state index >= 15 is 0 Å². The van der Waals surface area contributed by atoms with Crippen molar-refractivity contribution in [2.24, 2.45) is 0 Å². The van der Waals surface area contributed by atoms with Gasteiger partial charge < -0.3 is 4.90 Å². The topological polar surface area (TPSA) is 64.3 Å². The van der Waals surface area contributed by atoms with Crippen LogP contribution in [-0.2, 0) is 17.9 Å². The Kier molecular flexibility index (Phi) is 5.73. The molecule has 0 spiro atoms. The van der Waals surface area contributed by atoms with Crippen molar-refractivity contribution in [2.75, 3.05) is 11.9 Å². The molecule has 0 aliphatic rings. The number of carbonyl (C=O) groups is 1. The number of para-hydroxylation sites is 2. The van der Waals surface area contributed by atoms with Crippen molar-refractivity contribution in [2.45, 2.75) is 13.1 Å². The van der Waals surface area contributed by atoms with Crippen molar-refractivity contribution in [3.63, 3.8) is 0 Å². The number of carbonyl (C=O) groups excluding carboxylic acids is 1. The van der Waals surface area contributed by atoms with E-state index in [-0.39, 0.29) is 19.0 Å². The molecule has 0 aliphatic carbocycles. The smallest absolute Gasteiger partial charge is 0.314 e. The average Bonchev–Trinajstić information content (AvgIpc) is 2.79. The zero-order valence-corrected chi connectivity index (χ0v) is 17.6. The van der Waals surface area contributed by atoms with Gasteiger partial charge in [-0.05, 0) is 42.0 Å². The molecule has 4 rings (SSSR count). The van der Waals surface area contributed by atoms with Gasteiger partial charge in [0.15, 0.2) is 0 Å². The van der Waals surface area contributed by atoms with E-state index in [1.807, 2.05) is 30.3 Å². The molecule has 0 atom stereocenters. The number of aromatic nitrogens is 2. The van der Waals surface area contributed by atoms with Crippen molar-refractivity contribution in [3.05, 3.63) is 110 Å². The highest BCUT2D eigenvalue weighted by Gasteiger charge is 2.18. The van der Waals surface area contributed by atoms with Crippen LogP contribution in [0, 0.1) is 0 Å². The summed E-state index contributed by atoms with van der Waals surface area (Å²) in [5, 5.41) is 0.894. The maximum Gasteiger partial charge on any atom is 0.332 e. The number of fused-ring (bicyclic) bond motifs is 1. The zero-order valence-electron chi connectivity index (χ0n) is 16.9. The first kappa shape index (κ1) is 20.6. The summed E-state index contributed by atoms with van der Waals surface area (Å²) in [7, 11) is 1.66. The van der Waals surface area contributed by atoms with Gasteiger partial charge in [0.25, 0.3) is 5.56 Å². The van der Waals surface area contributed by atoms with Gasteiger partial charge >= 0.3 is 5.69 Å². The minimum atomic E-state index is -0.543. The summed E-state index contributed by atoms with van der Waals surface area (Å²) in [6.45, 7) is -0.133. The molecule has 31 heavy (non-hydrogen) atoms. The standard InChI is InChI=1S/C24H20ClN3O3/c1-26(19-10-3-2-4-11-19)22(29)16-27-21-13-6-5-12-20(21)23(30)28(24(27)31)15-17-8-7-9-18(25)14-17/h2-14H,15-16H2,1H3. The van der Waals surface area contributed by atoms with E-state index in [0.717, 1.165) is 15.8 Å². The number of likely N-dealkylation sites (N-methyl/N-ethyl adjacent to an activating group) is 1. The van der Waals surface area contributed by atoms with Gasteiger partial charge in [-0.1, -0.05) is 54.1 Å². The Morgan fingerprint density at radius 1 is 0.903 bits per heavy atom. The molecule has 4 aromatic rings. The summed E-state index contributed by atoms with van der Waals surface area (Å²) < 4.78 is 2.49. The van der Waals surface area contributed by atoms with Crippen LogP contribution in [0.5, 0.6) is 0 Å². The zero-order chi connectivity index (χ0) is 22.0. The third kappa shape index (κ3) is 4.15. The summed E-state index contributed by atoms with van der Waals surface area (Å²) in [4.78, 5) is 40.8. The number of amides is 1. The van der Waals surface area contributed by atoms with E-state index in [4.69, 9.17) is 11.6 Å².